The van der Waals surface area contributed by atoms with Crippen LogP contribution in [0.1, 0.15) is 30.5 Å². The summed E-state index contributed by atoms with van der Waals surface area (Å²) >= 11 is 1.57. The van der Waals surface area contributed by atoms with Crippen molar-refractivity contribution in [3.8, 4) is 0 Å². The number of anilines is 2. The molecule has 0 spiro atoms. The normalized spacial score (nSPS) is 21.2. The van der Waals surface area contributed by atoms with Crippen molar-refractivity contribution in [2.75, 3.05) is 22.9 Å². The monoisotopic (exact) mass is 343 g/mol. The first-order valence-corrected chi connectivity index (χ1v) is 9.17. The maximum absolute atomic E-state index is 6.30. The Kier molecular flexibility index (Phi) is 4.15. The second-order valence-electron chi connectivity index (χ2n) is 6.08. The van der Waals surface area contributed by atoms with Gasteiger partial charge in [0.15, 0.2) is 0 Å². The average Bonchev–Trinajstić information content (AvgIpc) is 3.22. The summed E-state index contributed by atoms with van der Waals surface area (Å²) in [5.41, 5.74) is 9.06. The molecule has 0 saturated carbocycles. The van der Waals surface area contributed by atoms with Crippen LogP contribution in [0.3, 0.4) is 0 Å². The summed E-state index contributed by atoms with van der Waals surface area (Å²) in [6.07, 6.45) is 7.38. The molecule has 2 aromatic rings. The van der Waals surface area contributed by atoms with Crippen molar-refractivity contribution >= 4 is 29.2 Å². The van der Waals surface area contributed by atoms with E-state index in [0.29, 0.717) is 5.95 Å². The number of nitrogens with zero attached hydrogens (tertiary/aromatic N) is 5. The number of rotatable bonds is 3. The first-order valence-electron chi connectivity index (χ1n) is 8.23. The SMILES string of the molecule is Cc1ccnc(N2C(c3cn[nH]c3N3CCCCC3)=CSC2N)n1. The van der Waals surface area contributed by atoms with Gasteiger partial charge in [0.2, 0.25) is 5.95 Å². The number of piperidine rings is 1. The van der Waals surface area contributed by atoms with Crippen molar-refractivity contribution < 1.29 is 0 Å². The Labute approximate surface area is 145 Å². The molecule has 0 aromatic carbocycles. The molecule has 3 N–H and O–H groups in total. The third-order valence-corrected chi connectivity index (χ3v) is 5.25. The molecule has 1 saturated heterocycles. The molecule has 7 nitrogen and oxygen atoms in total. The van der Waals surface area contributed by atoms with Gasteiger partial charge in [0.25, 0.3) is 0 Å². The highest BCUT2D eigenvalue weighted by Crippen LogP contribution is 2.39. The van der Waals surface area contributed by atoms with E-state index in [1.54, 1.807) is 18.0 Å². The van der Waals surface area contributed by atoms with Crippen LogP contribution in [-0.4, -0.2) is 38.8 Å². The fraction of sp³-hybridized carbons (Fsp3) is 0.438. The third-order valence-electron chi connectivity index (χ3n) is 4.40. The van der Waals surface area contributed by atoms with E-state index in [9.17, 15) is 0 Å². The van der Waals surface area contributed by atoms with Gasteiger partial charge < -0.3 is 10.6 Å². The summed E-state index contributed by atoms with van der Waals surface area (Å²) in [7, 11) is 0. The number of nitrogens with one attached hydrogen (secondary N) is 1. The number of hydrogen-bond acceptors (Lipinski definition) is 7. The van der Waals surface area contributed by atoms with Gasteiger partial charge in [0.05, 0.1) is 17.5 Å². The Bertz CT molecular complexity index is 750. The zero-order valence-corrected chi connectivity index (χ0v) is 14.5. The second kappa shape index (κ2) is 6.45. The summed E-state index contributed by atoms with van der Waals surface area (Å²) in [5.74, 6) is 1.69. The Morgan fingerprint density at radius 1 is 1.29 bits per heavy atom. The minimum atomic E-state index is -0.231. The van der Waals surface area contributed by atoms with Gasteiger partial charge in [-0.3, -0.25) is 10.00 Å². The molecule has 2 aliphatic heterocycles. The van der Waals surface area contributed by atoms with Crippen LogP contribution >= 0.6 is 11.8 Å². The molecule has 2 aromatic heterocycles. The number of nitrogens with two attached hydrogens (primary N) is 1. The largest absolute Gasteiger partial charge is 0.356 e. The zero-order chi connectivity index (χ0) is 16.5. The Balaban J connectivity index is 1.69. The molecule has 0 aliphatic carbocycles. The van der Waals surface area contributed by atoms with Crippen LogP contribution in [0.2, 0.25) is 0 Å². The number of aromatic amines is 1. The van der Waals surface area contributed by atoms with Gasteiger partial charge in [-0.25, -0.2) is 9.97 Å². The number of thioether (sulfide) groups is 1. The van der Waals surface area contributed by atoms with Gasteiger partial charge in [-0.05, 0) is 37.7 Å². The number of H-pyrrole nitrogens is 1. The summed E-state index contributed by atoms with van der Waals surface area (Å²) in [5, 5.41) is 9.53. The minimum absolute atomic E-state index is 0.231. The third kappa shape index (κ3) is 2.76. The Morgan fingerprint density at radius 2 is 2.12 bits per heavy atom. The minimum Gasteiger partial charge on any atom is -0.356 e. The molecule has 24 heavy (non-hydrogen) atoms. The predicted octanol–water partition coefficient (Wildman–Crippen LogP) is 2.29. The van der Waals surface area contributed by atoms with Crippen LogP contribution in [0, 0.1) is 6.92 Å². The van der Waals surface area contributed by atoms with E-state index in [2.05, 4.69) is 30.5 Å². The zero-order valence-electron chi connectivity index (χ0n) is 13.6. The van der Waals surface area contributed by atoms with Crippen LogP contribution in [0.4, 0.5) is 11.8 Å². The highest BCUT2D eigenvalue weighted by Gasteiger charge is 2.31. The fourth-order valence-electron chi connectivity index (χ4n) is 3.18. The van der Waals surface area contributed by atoms with E-state index in [1.165, 1.54) is 19.3 Å². The molecule has 1 fully saturated rings. The molecular weight excluding hydrogens is 322 g/mol. The van der Waals surface area contributed by atoms with Gasteiger partial charge in [0.1, 0.15) is 11.3 Å². The summed E-state index contributed by atoms with van der Waals surface area (Å²) in [4.78, 5) is 13.3. The van der Waals surface area contributed by atoms with Gasteiger partial charge in [-0.15, -0.1) is 0 Å². The quantitative estimate of drug-likeness (QED) is 0.884. The lowest BCUT2D eigenvalue weighted by atomic mass is 10.1. The first-order chi connectivity index (χ1) is 11.7. The van der Waals surface area contributed by atoms with E-state index in [0.717, 1.165) is 35.9 Å². The van der Waals surface area contributed by atoms with Crippen molar-refractivity contribution in [3.05, 3.63) is 35.1 Å². The molecule has 8 heteroatoms. The molecular formula is C16H21N7S. The number of aromatic nitrogens is 4. The van der Waals surface area contributed by atoms with Gasteiger partial charge in [-0.1, -0.05) is 11.8 Å². The van der Waals surface area contributed by atoms with Crippen LogP contribution in [-0.2, 0) is 0 Å². The highest BCUT2D eigenvalue weighted by molar-refractivity contribution is 8.03. The molecule has 2 aliphatic rings. The van der Waals surface area contributed by atoms with Crippen LogP contribution in [0.25, 0.3) is 5.70 Å². The fourth-order valence-corrected chi connectivity index (χ4v) is 4.02. The van der Waals surface area contributed by atoms with Crippen molar-refractivity contribution in [1.29, 1.82) is 0 Å². The lowest BCUT2D eigenvalue weighted by Gasteiger charge is -2.30. The maximum atomic E-state index is 6.30. The average molecular weight is 343 g/mol. The molecule has 1 unspecified atom stereocenters. The highest BCUT2D eigenvalue weighted by atomic mass is 32.2. The molecule has 0 radical (unpaired) electrons. The van der Waals surface area contributed by atoms with E-state index in [4.69, 9.17) is 5.73 Å². The van der Waals surface area contributed by atoms with Crippen molar-refractivity contribution in [1.82, 2.24) is 20.2 Å². The van der Waals surface area contributed by atoms with Gasteiger partial charge in [0, 0.05) is 25.0 Å². The van der Waals surface area contributed by atoms with Crippen molar-refractivity contribution in [2.24, 2.45) is 5.73 Å². The van der Waals surface area contributed by atoms with Crippen LogP contribution in [0.5, 0.6) is 0 Å². The summed E-state index contributed by atoms with van der Waals surface area (Å²) in [6.45, 7) is 4.07. The predicted molar refractivity (Wildman–Crippen MR) is 97.4 cm³/mol. The van der Waals surface area contributed by atoms with Gasteiger partial charge in [-0.2, -0.15) is 5.10 Å². The summed E-state index contributed by atoms with van der Waals surface area (Å²) in [6, 6.07) is 1.89. The van der Waals surface area contributed by atoms with E-state index >= 15 is 0 Å². The Morgan fingerprint density at radius 3 is 2.92 bits per heavy atom. The lowest BCUT2D eigenvalue weighted by Crippen LogP contribution is -2.36. The van der Waals surface area contributed by atoms with Crippen molar-refractivity contribution in [2.45, 2.75) is 31.7 Å². The molecule has 4 rings (SSSR count). The topological polar surface area (TPSA) is 87.0 Å². The molecule has 1 atom stereocenters. The number of aryl methyl sites for hydroxylation is 1. The van der Waals surface area contributed by atoms with E-state index in [-0.39, 0.29) is 5.50 Å². The van der Waals surface area contributed by atoms with E-state index in [1.807, 2.05) is 24.1 Å². The first kappa shape index (κ1) is 15.5. The standard InChI is InChI=1S/C16H21N7S/c1-11-5-6-18-16(20-11)23-13(10-24-15(23)17)12-9-19-21-14(12)22-7-3-2-4-8-22/h5-6,9-10,15H,2-4,7-8,17H2,1H3,(H,19,21). The van der Waals surface area contributed by atoms with Crippen LogP contribution < -0.4 is 15.5 Å². The van der Waals surface area contributed by atoms with Crippen LogP contribution in [0.15, 0.2) is 23.9 Å². The molecule has 4 heterocycles. The van der Waals surface area contributed by atoms with Crippen molar-refractivity contribution in [3.63, 3.8) is 0 Å². The smallest absolute Gasteiger partial charge is 0.232 e. The Hall–Kier alpha value is -2.06. The molecule has 126 valence electrons. The second-order valence-corrected chi connectivity index (χ2v) is 7.07. The molecule has 0 bridgehead atoms. The molecule has 0 amide bonds. The lowest BCUT2D eigenvalue weighted by molar-refractivity contribution is 0.572. The summed E-state index contributed by atoms with van der Waals surface area (Å²) < 4.78 is 0. The van der Waals surface area contributed by atoms with E-state index < -0.39 is 0 Å². The van der Waals surface area contributed by atoms with Gasteiger partial charge >= 0.3 is 0 Å². The number of hydrogen-bond donors (Lipinski definition) is 2. The maximum Gasteiger partial charge on any atom is 0.232 e.